The van der Waals surface area contributed by atoms with Crippen LogP contribution in [0.15, 0.2) is 18.2 Å². The van der Waals surface area contributed by atoms with Crippen LogP contribution in [-0.4, -0.2) is 74.7 Å². The topological polar surface area (TPSA) is 73.9 Å². The number of carbonyl (C=O) groups is 2. The number of nitrogens with one attached hydrogen (secondary N) is 2. The molecular weight excluding hydrogens is 344 g/mol. The molecule has 7 heteroatoms. The van der Waals surface area contributed by atoms with E-state index in [2.05, 4.69) is 22.6 Å². The van der Waals surface area contributed by atoms with Gasteiger partial charge < -0.3 is 25.2 Å². The van der Waals surface area contributed by atoms with E-state index in [1.165, 1.54) is 0 Å². The quantitative estimate of drug-likeness (QED) is 0.766. The SMILES string of the molecule is CCNC(=O)c1cccc(NC(=O)N(CCOC)C2CCN(C)CC2)c1C. The van der Waals surface area contributed by atoms with Gasteiger partial charge in [0.2, 0.25) is 0 Å². The summed E-state index contributed by atoms with van der Waals surface area (Å²) in [5.41, 5.74) is 2.02. The number of hydrogen-bond donors (Lipinski definition) is 2. The molecule has 0 unspecified atom stereocenters. The third-order valence-corrected chi connectivity index (χ3v) is 5.08. The van der Waals surface area contributed by atoms with Crippen LogP contribution >= 0.6 is 0 Å². The van der Waals surface area contributed by atoms with Crippen molar-refractivity contribution < 1.29 is 14.3 Å². The highest BCUT2D eigenvalue weighted by molar-refractivity contribution is 5.99. The summed E-state index contributed by atoms with van der Waals surface area (Å²) in [7, 11) is 3.75. The van der Waals surface area contributed by atoms with Gasteiger partial charge in [0, 0.05) is 37.5 Å². The highest BCUT2D eigenvalue weighted by atomic mass is 16.5. The number of likely N-dealkylation sites (tertiary alicyclic amines) is 1. The summed E-state index contributed by atoms with van der Waals surface area (Å²) in [5, 5.41) is 5.81. The Morgan fingerprint density at radius 2 is 2.00 bits per heavy atom. The van der Waals surface area contributed by atoms with Crippen LogP contribution in [0.25, 0.3) is 0 Å². The molecule has 7 nitrogen and oxygen atoms in total. The fourth-order valence-electron chi connectivity index (χ4n) is 3.41. The molecule has 1 fully saturated rings. The molecule has 0 radical (unpaired) electrons. The molecule has 0 saturated carbocycles. The average molecular weight is 377 g/mol. The Morgan fingerprint density at radius 1 is 1.30 bits per heavy atom. The number of methoxy groups -OCH3 is 1. The standard InChI is InChI=1S/C20H32N4O3/c1-5-21-19(25)17-7-6-8-18(15(17)2)22-20(26)24(13-14-27-4)16-9-11-23(3)12-10-16/h6-8,16H,5,9-14H2,1-4H3,(H,21,25)(H,22,26). The summed E-state index contributed by atoms with van der Waals surface area (Å²) in [4.78, 5) is 29.4. The summed E-state index contributed by atoms with van der Waals surface area (Å²) in [5.74, 6) is -0.127. The minimum atomic E-state index is -0.141. The number of hydrogen-bond acceptors (Lipinski definition) is 4. The first-order valence-electron chi connectivity index (χ1n) is 9.60. The normalized spacial score (nSPS) is 15.4. The molecule has 0 atom stereocenters. The summed E-state index contributed by atoms with van der Waals surface area (Å²) >= 11 is 0. The average Bonchev–Trinajstić information content (AvgIpc) is 2.65. The number of nitrogens with zero attached hydrogens (tertiary/aromatic N) is 2. The summed E-state index contributed by atoms with van der Waals surface area (Å²) in [6.45, 7) is 7.31. The zero-order valence-corrected chi connectivity index (χ0v) is 16.9. The second-order valence-electron chi connectivity index (χ2n) is 6.99. The Hall–Kier alpha value is -2.12. The summed E-state index contributed by atoms with van der Waals surface area (Å²) < 4.78 is 5.20. The van der Waals surface area contributed by atoms with Crippen molar-refractivity contribution in [2.45, 2.75) is 32.7 Å². The number of carbonyl (C=O) groups excluding carboxylic acids is 2. The van der Waals surface area contributed by atoms with Crippen molar-refractivity contribution in [1.82, 2.24) is 15.1 Å². The van der Waals surface area contributed by atoms with Crippen molar-refractivity contribution in [3.8, 4) is 0 Å². The Labute approximate surface area is 162 Å². The Kier molecular flexibility index (Phi) is 8.06. The lowest BCUT2D eigenvalue weighted by atomic mass is 10.0. The molecule has 0 aromatic heterocycles. The summed E-state index contributed by atoms with van der Waals surface area (Å²) in [6, 6.07) is 5.46. The van der Waals surface area contributed by atoms with Crippen molar-refractivity contribution in [1.29, 1.82) is 0 Å². The monoisotopic (exact) mass is 376 g/mol. The van der Waals surface area contributed by atoms with Gasteiger partial charge in [-0.3, -0.25) is 4.79 Å². The van der Waals surface area contributed by atoms with Crippen LogP contribution in [-0.2, 0) is 4.74 Å². The smallest absolute Gasteiger partial charge is 0.322 e. The van der Waals surface area contributed by atoms with Crippen LogP contribution in [0.2, 0.25) is 0 Å². The van der Waals surface area contributed by atoms with E-state index in [0.717, 1.165) is 31.5 Å². The number of rotatable bonds is 7. The van der Waals surface area contributed by atoms with E-state index in [4.69, 9.17) is 4.74 Å². The van der Waals surface area contributed by atoms with Gasteiger partial charge in [-0.05, 0) is 64.5 Å². The van der Waals surface area contributed by atoms with Crippen LogP contribution < -0.4 is 10.6 Å². The molecule has 0 bridgehead atoms. The van der Waals surface area contributed by atoms with Crippen molar-refractivity contribution in [3.05, 3.63) is 29.3 Å². The van der Waals surface area contributed by atoms with E-state index in [0.29, 0.717) is 30.9 Å². The van der Waals surface area contributed by atoms with Gasteiger partial charge in [-0.2, -0.15) is 0 Å². The van der Waals surface area contributed by atoms with Gasteiger partial charge >= 0.3 is 6.03 Å². The third kappa shape index (κ3) is 5.68. The van der Waals surface area contributed by atoms with Crippen LogP contribution in [0, 0.1) is 6.92 Å². The number of ether oxygens (including phenoxy) is 1. The highest BCUT2D eigenvalue weighted by Gasteiger charge is 2.27. The van der Waals surface area contributed by atoms with Crippen LogP contribution in [0.1, 0.15) is 35.7 Å². The largest absolute Gasteiger partial charge is 0.383 e. The Balaban J connectivity index is 2.14. The Bertz CT molecular complexity index is 642. The van der Waals surface area contributed by atoms with Gasteiger partial charge in [0.05, 0.1) is 6.61 Å². The minimum absolute atomic E-state index is 0.127. The van der Waals surface area contributed by atoms with Crippen molar-refractivity contribution in [2.75, 3.05) is 52.3 Å². The van der Waals surface area contributed by atoms with Crippen LogP contribution in [0.3, 0.4) is 0 Å². The number of amides is 3. The van der Waals surface area contributed by atoms with Gasteiger partial charge in [0.25, 0.3) is 5.91 Å². The molecule has 1 aromatic carbocycles. The third-order valence-electron chi connectivity index (χ3n) is 5.08. The molecule has 1 aromatic rings. The molecular formula is C20H32N4O3. The molecule has 150 valence electrons. The van der Waals surface area contributed by atoms with E-state index in [-0.39, 0.29) is 18.0 Å². The maximum atomic E-state index is 13.0. The van der Waals surface area contributed by atoms with Crippen molar-refractivity contribution >= 4 is 17.6 Å². The highest BCUT2D eigenvalue weighted by Crippen LogP contribution is 2.21. The second-order valence-corrected chi connectivity index (χ2v) is 6.99. The van der Waals surface area contributed by atoms with Gasteiger partial charge in [-0.1, -0.05) is 6.07 Å². The van der Waals surface area contributed by atoms with E-state index in [1.54, 1.807) is 19.2 Å². The lowest BCUT2D eigenvalue weighted by Crippen LogP contribution is -2.49. The Morgan fingerprint density at radius 3 is 2.63 bits per heavy atom. The predicted octanol–water partition coefficient (Wildman–Crippen LogP) is 2.32. The zero-order chi connectivity index (χ0) is 19.8. The van der Waals surface area contributed by atoms with Gasteiger partial charge in [0.15, 0.2) is 0 Å². The first-order valence-corrected chi connectivity index (χ1v) is 9.60. The maximum Gasteiger partial charge on any atom is 0.322 e. The van der Waals surface area contributed by atoms with Gasteiger partial charge in [-0.25, -0.2) is 4.79 Å². The van der Waals surface area contributed by atoms with Crippen LogP contribution in [0.5, 0.6) is 0 Å². The van der Waals surface area contributed by atoms with Crippen LogP contribution in [0.4, 0.5) is 10.5 Å². The molecule has 1 heterocycles. The number of benzene rings is 1. The molecule has 1 saturated heterocycles. The lowest BCUT2D eigenvalue weighted by Gasteiger charge is -2.37. The number of urea groups is 1. The fourth-order valence-corrected chi connectivity index (χ4v) is 3.41. The zero-order valence-electron chi connectivity index (χ0n) is 16.9. The van der Waals surface area contributed by atoms with E-state index in [1.807, 2.05) is 24.8 Å². The van der Waals surface area contributed by atoms with E-state index < -0.39 is 0 Å². The molecule has 0 spiro atoms. The van der Waals surface area contributed by atoms with Crippen molar-refractivity contribution in [2.24, 2.45) is 0 Å². The molecule has 3 amide bonds. The molecule has 2 rings (SSSR count). The first kappa shape index (κ1) is 21.2. The molecule has 0 aliphatic carbocycles. The second kappa shape index (κ2) is 10.3. The lowest BCUT2D eigenvalue weighted by molar-refractivity contribution is 0.0955. The van der Waals surface area contributed by atoms with Gasteiger partial charge in [-0.15, -0.1) is 0 Å². The fraction of sp³-hybridized carbons (Fsp3) is 0.600. The van der Waals surface area contributed by atoms with E-state index in [9.17, 15) is 9.59 Å². The summed E-state index contributed by atoms with van der Waals surface area (Å²) in [6.07, 6.45) is 1.90. The maximum absolute atomic E-state index is 13.0. The number of anilines is 1. The molecule has 1 aliphatic rings. The van der Waals surface area contributed by atoms with Gasteiger partial charge in [0.1, 0.15) is 0 Å². The van der Waals surface area contributed by atoms with E-state index >= 15 is 0 Å². The molecule has 2 N–H and O–H groups in total. The van der Waals surface area contributed by atoms with Crippen molar-refractivity contribution in [3.63, 3.8) is 0 Å². The molecule has 1 aliphatic heterocycles. The predicted molar refractivity (Wildman–Crippen MR) is 107 cm³/mol. The first-order chi connectivity index (χ1) is 13.0. The minimum Gasteiger partial charge on any atom is -0.383 e. The molecule has 27 heavy (non-hydrogen) atoms. The number of piperidine rings is 1.